The Hall–Kier alpha value is -0.480. The van der Waals surface area contributed by atoms with Crippen LogP contribution in [0, 0.1) is 9.49 Å². The summed E-state index contributed by atoms with van der Waals surface area (Å²) in [7, 11) is -3.14. The molecular formula is C11H16IN3O3S. The third-order valence-electron chi connectivity index (χ3n) is 3.26. The lowest BCUT2D eigenvalue weighted by Crippen LogP contribution is -2.41. The highest BCUT2D eigenvalue weighted by atomic mass is 127. The molecule has 1 aromatic heterocycles. The summed E-state index contributed by atoms with van der Waals surface area (Å²) in [5, 5.41) is 0. The van der Waals surface area contributed by atoms with Crippen LogP contribution >= 0.6 is 22.6 Å². The summed E-state index contributed by atoms with van der Waals surface area (Å²) in [6.07, 6.45) is 6.05. The van der Waals surface area contributed by atoms with Crippen molar-refractivity contribution in [1.82, 2.24) is 13.9 Å². The molecule has 1 unspecified atom stereocenters. The number of aromatic nitrogens is 2. The SMILES string of the molecule is CS(=O)(=O)N1CCCC(Cn2cncc(I)c2=O)C1. The summed E-state index contributed by atoms with van der Waals surface area (Å²) < 4.78 is 26.7. The number of hydrogen-bond acceptors (Lipinski definition) is 4. The Kier molecular flexibility index (Phi) is 4.62. The van der Waals surface area contributed by atoms with Crippen molar-refractivity contribution in [1.29, 1.82) is 0 Å². The maximum Gasteiger partial charge on any atom is 0.266 e. The molecule has 0 amide bonds. The summed E-state index contributed by atoms with van der Waals surface area (Å²) in [5.74, 6) is 0.168. The van der Waals surface area contributed by atoms with Crippen molar-refractivity contribution < 1.29 is 8.42 Å². The number of piperidine rings is 1. The van der Waals surface area contributed by atoms with Crippen molar-refractivity contribution >= 4 is 32.6 Å². The van der Waals surface area contributed by atoms with E-state index in [1.807, 2.05) is 22.6 Å². The Morgan fingerprint density at radius 2 is 2.26 bits per heavy atom. The van der Waals surface area contributed by atoms with Crippen molar-refractivity contribution in [3.8, 4) is 0 Å². The van der Waals surface area contributed by atoms with Crippen molar-refractivity contribution in [2.75, 3.05) is 19.3 Å². The molecule has 0 N–H and O–H groups in total. The van der Waals surface area contributed by atoms with E-state index in [-0.39, 0.29) is 11.5 Å². The second-order valence-electron chi connectivity index (χ2n) is 4.83. The van der Waals surface area contributed by atoms with Gasteiger partial charge in [-0.1, -0.05) is 0 Å². The fourth-order valence-corrected chi connectivity index (χ4v) is 3.72. The highest BCUT2D eigenvalue weighted by molar-refractivity contribution is 14.1. The van der Waals surface area contributed by atoms with Crippen LogP contribution < -0.4 is 5.56 Å². The first-order valence-corrected chi connectivity index (χ1v) is 8.95. The van der Waals surface area contributed by atoms with Crippen LogP contribution in [0.4, 0.5) is 0 Å². The number of nitrogens with zero attached hydrogens (tertiary/aromatic N) is 3. The van der Waals surface area contributed by atoms with Gasteiger partial charge in [0.05, 0.1) is 16.2 Å². The van der Waals surface area contributed by atoms with Gasteiger partial charge in [-0.2, -0.15) is 0 Å². The number of hydrogen-bond donors (Lipinski definition) is 0. The molecule has 1 atom stereocenters. The third kappa shape index (κ3) is 3.76. The summed E-state index contributed by atoms with van der Waals surface area (Å²) in [6, 6.07) is 0. The average molecular weight is 397 g/mol. The molecule has 0 aromatic carbocycles. The van der Waals surface area contributed by atoms with Gasteiger partial charge in [0.1, 0.15) is 0 Å². The molecule has 1 fully saturated rings. The lowest BCUT2D eigenvalue weighted by molar-refractivity contribution is 0.244. The van der Waals surface area contributed by atoms with E-state index in [0.29, 0.717) is 23.2 Å². The summed E-state index contributed by atoms with van der Waals surface area (Å²) >= 11 is 1.96. The van der Waals surface area contributed by atoms with Gasteiger partial charge in [-0.15, -0.1) is 0 Å². The van der Waals surface area contributed by atoms with Crippen molar-refractivity contribution in [3.05, 3.63) is 26.4 Å². The van der Waals surface area contributed by atoms with E-state index in [1.54, 1.807) is 4.57 Å². The Labute approximate surface area is 126 Å². The molecule has 19 heavy (non-hydrogen) atoms. The molecule has 0 saturated carbocycles. The van der Waals surface area contributed by atoms with E-state index >= 15 is 0 Å². The van der Waals surface area contributed by atoms with Crippen molar-refractivity contribution in [2.45, 2.75) is 19.4 Å². The van der Waals surface area contributed by atoms with Crippen LogP contribution in [0.2, 0.25) is 0 Å². The smallest absolute Gasteiger partial charge is 0.266 e. The zero-order valence-corrected chi connectivity index (χ0v) is 13.6. The van der Waals surface area contributed by atoms with Crippen LogP contribution in [0.3, 0.4) is 0 Å². The molecule has 0 bridgehead atoms. The Morgan fingerprint density at radius 3 is 2.95 bits per heavy atom. The standard InChI is InChI=1S/C11H16IN3O3S/c1-19(17,18)15-4-2-3-9(7-15)6-14-8-13-5-10(12)11(14)16/h5,8-9H,2-4,6-7H2,1H3. The second kappa shape index (κ2) is 5.88. The fourth-order valence-electron chi connectivity index (χ4n) is 2.31. The van der Waals surface area contributed by atoms with E-state index in [0.717, 1.165) is 12.8 Å². The van der Waals surface area contributed by atoms with Crippen molar-refractivity contribution in [2.24, 2.45) is 5.92 Å². The lowest BCUT2D eigenvalue weighted by atomic mass is 10.00. The fraction of sp³-hybridized carbons (Fsp3) is 0.636. The molecule has 2 heterocycles. The van der Waals surface area contributed by atoms with Gasteiger partial charge in [-0.3, -0.25) is 9.36 Å². The Balaban J connectivity index is 2.11. The van der Waals surface area contributed by atoms with Crippen LogP contribution in [-0.4, -0.2) is 41.6 Å². The average Bonchev–Trinajstić information content (AvgIpc) is 2.34. The highest BCUT2D eigenvalue weighted by Crippen LogP contribution is 2.19. The van der Waals surface area contributed by atoms with E-state index in [2.05, 4.69) is 4.98 Å². The van der Waals surface area contributed by atoms with Gasteiger partial charge < -0.3 is 0 Å². The predicted molar refractivity (Wildman–Crippen MR) is 80.4 cm³/mol. The minimum absolute atomic E-state index is 0.0629. The topological polar surface area (TPSA) is 72.3 Å². The van der Waals surface area contributed by atoms with E-state index in [1.165, 1.54) is 23.1 Å². The number of halogens is 1. The second-order valence-corrected chi connectivity index (χ2v) is 7.97. The van der Waals surface area contributed by atoms with Gasteiger partial charge >= 0.3 is 0 Å². The van der Waals surface area contributed by atoms with Gasteiger partial charge in [0, 0.05) is 25.8 Å². The molecule has 6 nitrogen and oxygen atoms in total. The monoisotopic (exact) mass is 397 g/mol. The van der Waals surface area contributed by atoms with Crippen LogP contribution in [0.1, 0.15) is 12.8 Å². The van der Waals surface area contributed by atoms with Gasteiger partial charge in [-0.25, -0.2) is 17.7 Å². The molecule has 106 valence electrons. The molecule has 1 aromatic rings. The predicted octanol–water partition coefficient (Wildman–Crippen LogP) is 0.519. The molecule has 0 spiro atoms. The molecule has 1 aliphatic heterocycles. The Bertz CT molecular complexity index is 614. The van der Waals surface area contributed by atoms with Crippen LogP contribution in [-0.2, 0) is 16.6 Å². The van der Waals surface area contributed by atoms with Gasteiger partial charge in [0.2, 0.25) is 10.0 Å². The van der Waals surface area contributed by atoms with E-state index in [4.69, 9.17) is 0 Å². The van der Waals surface area contributed by atoms with Gasteiger partial charge in [0.15, 0.2) is 0 Å². The first-order chi connectivity index (χ1) is 8.88. The molecule has 8 heteroatoms. The van der Waals surface area contributed by atoms with E-state index in [9.17, 15) is 13.2 Å². The summed E-state index contributed by atoms with van der Waals surface area (Å²) in [6.45, 7) is 1.58. The molecule has 1 aliphatic rings. The number of sulfonamides is 1. The lowest BCUT2D eigenvalue weighted by Gasteiger charge is -2.31. The molecule has 0 radical (unpaired) electrons. The first-order valence-electron chi connectivity index (χ1n) is 6.03. The molecular weight excluding hydrogens is 381 g/mol. The normalized spacial score (nSPS) is 21.5. The first kappa shape index (κ1) is 14.9. The summed E-state index contributed by atoms with van der Waals surface area (Å²) in [5.41, 5.74) is -0.0629. The minimum atomic E-state index is -3.14. The largest absolute Gasteiger partial charge is 0.298 e. The van der Waals surface area contributed by atoms with Gasteiger partial charge in [-0.05, 0) is 41.4 Å². The van der Waals surface area contributed by atoms with Crippen LogP contribution in [0.15, 0.2) is 17.3 Å². The van der Waals surface area contributed by atoms with Crippen molar-refractivity contribution in [3.63, 3.8) is 0 Å². The third-order valence-corrected chi connectivity index (χ3v) is 5.27. The molecule has 0 aliphatic carbocycles. The zero-order valence-electron chi connectivity index (χ0n) is 10.6. The maximum atomic E-state index is 11.9. The minimum Gasteiger partial charge on any atom is -0.298 e. The molecule has 2 rings (SSSR count). The molecule has 1 saturated heterocycles. The van der Waals surface area contributed by atoms with Crippen LogP contribution in [0.5, 0.6) is 0 Å². The van der Waals surface area contributed by atoms with Gasteiger partial charge in [0.25, 0.3) is 5.56 Å². The highest BCUT2D eigenvalue weighted by Gasteiger charge is 2.26. The quantitative estimate of drug-likeness (QED) is 0.698. The Morgan fingerprint density at radius 1 is 1.53 bits per heavy atom. The summed E-state index contributed by atoms with van der Waals surface area (Å²) in [4.78, 5) is 15.9. The zero-order chi connectivity index (χ0) is 14.0. The maximum absolute atomic E-state index is 11.9. The van der Waals surface area contributed by atoms with E-state index < -0.39 is 10.0 Å². The number of rotatable bonds is 3. The van der Waals surface area contributed by atoms with Crippen LogP contribution in [0.25, 0.3) is 0 Å².